The summed E-state index contributed by atoms with van der Waals surface area (Å²) in [6.45, 7) is 2.88. The average Bonchev–Trinajstić information content (AvgIpc) is 2.85. The van der Waals surface area contributed by atoms with Crippen molar-refractivity contribution >= 4 is 35.0 Å². The minimum Gasteiger partial charge on any atom is -0.348 e. The van der Waals surface area contributed by atoms with E-state index < -0.39 is 11.8 Å². The SMILES string of the molecule is O=C(NCC1CCN(c2ncccn2)CC1)C(=O)Nc1cc2c3c(c1)CCC(=O)N3CCC2. The predicted octanol–water partition coefficient (Wildman–Crippen LogP) is 1.67. The van der Waals surface area contributed by atoms with Gasteiger partial charge in [0.15, 0.2) is 0 Å². The van der Waals surface area contributed by atoms with E-state index in [0.29, 0.717) is 31.0 Å². The molecule has 0 atom stereocenters. The van der Waals surface area contributed by atoms with Gasteiger partial charge in [-0.25, -0.2) is 9.97 Å². The van der Waals surface area contributed by atoms with Gasteiger partial charge in [-0.05, 0) is 67.3 Å². The van der Waals surface area contributed by atoms with Crippen molar-refractivity contribution in [1.29, 1.82) is 0 Å². The summed E-state index contributed by atoms with van der Waals surface area (Å²) in [5.74, 6) is -0.0556. The van der Waals surface area contributed by atoms with Crippen LogP contribution in [0.15, 0.2) is 30.6 Å². The maximum Gasteiger partial charge on any atom is 0.313 e. The van der Waals surface area contributed by atoms with Crippen LogP contribution in [0.3, 0.4) is 0 Å². The van der Waals surface area contributed by atoms with E-state index in [9.17, 15) is 14.4 Å². The van der Waals surface area contributed by atoms with Gasteiger partial charge in [-0.1, -0.05) is 0 Å². The molecule has 0 spiro atoms. The molecule has 3 amide bonds. The quantitative estimate of drug-likeness (QED) is 0.689. The van der Waals surface area contributed by atoms with Gasteiger partial charge in [-0.3, -0.25) is 14.4 Å². The molecule has 0 unspecified atom stereocenters. The number of aryl methyl sites for hydroxylation is 2. The lowest BCUT2D eigenvalue weighted by molar-refractivity contribution is -0.136. The highest BCUT2D eigenvalue weighted by molar-refractivity contribution is 6.39. The molecular formula is C24H28N6O3. The Hall–Kier alpha value is -3.49. The summed E-state index contributed by atoms with van der Waals surface area (Å²) < 4.78 is 0. The number of piperidine rings is 1. The molecule has 2 aromatic rings. The van der Waals surface area contributed by atoms with Crippen LogP contribution < -0.4 is 20.4 Å². The van der Waals surface area contributed by atoms with E-state index in [0.717, 1.165) is 68.1 Å². The Morgan fingerprint density at radius 3 is 2.45 bits per heavy atom. The summed E-state index contributed by atoms with van der Waals surface area (Å²) in [4.78, 5) is 49.7. The average molecular weight is 449 g/mol. The second kappa shape index (κ2) is 9.17. The Labute approximate surface area is 192 Å². The molecule has 172 valence electrons. The number of benzene rings is 1. The third kappa shape index (κ3) is 4.53. The van der Waals surface area contributed by atoms with Crippen molar-refractivity contribution in [3.8, 4) is 0 Å². The monoisotopic (exact) mass is 448 g/mol. The molecule has 1 saturated heterocycles. The summed E-state index contributed by atoms with van der Waals surface area (Å²) in [6.07, 6.45) is 8.22. The fourth-order valence-corrected chi connectivity index (χ4v) is 5.02. The van der Waals surface area contributed by atoms with Crippen molar-refractivity contribution in [1.82, 2.24) is 15.3 Å². The molecule has 0 radical (unpaired) electrons. The van der Waals surface area contributed by atoms with Gasteiger partial charge in [0.05, 0.1) is 5.69 Å². The molecule has 0 aliphatic carbocycles. The zero-order chi connectivity index (χ0) is 22.8. The van der Waals surface area contributed by atoms with E-state index in [1.165, 1.54) is 0 Å². The number of nitrogens with zero attached hydrogens (tertiary/aromatic N) is 4. The highest BCUT2D eigenvalue weighted by Gasteiger charge is 2.30. The number of hydrogen-bond donors (Lipinski definition) is 2. The topological polar surface area (TPSA) is 108 Å². The number of anilines is 3. The van der Waals surface area contributed by atoms with E-state index in [-0.39, 0.29) is 5.91 Å². The first kappa shape index (κ1) is 21.4. The number of amides is 3. The van der Waals surface area contributed by atoms with Crippen LogP contribution >= 0.6 is 0 Å². The molecule has 33 heavy (non-hydrogen) atoms. The van der Waals surface area contributed by atoms with Gasteiger partial charge in [0.2, 0.25) is 11.9 Å². The summed E-state index contributed by atoms with van der Waals surface area (Å²) in [5, 5.41) is 5.54. The Bertz CT molecular complexity index is 1050. The molecule has 5 rings (SSSR count). The minimum atomic E-state index is -0.656. The van der Waals surface area contributed by atoms with Crippen molar-refractivity contribution in [3.05, 3.63) is 41.7 Å². The van der Waals surface area contributed by atoms with Crippen molar-refractivity contribution in [2.75, 3.05) is 41.3 Å². The lowest BCUT2D eigenvalue weighted by Crippen LogP contribution is -2.42. The summed E-state index contributed by atoms with van der Waals surface area (Å²) >= 11 is 0. The highest BCUT2D eigenvalue weighted by atomic mass is 16.2. The van der Waals surface area contributed by atoms with Gasteiger partial charge in [-0.2, -0.15) is 0 Å². The van der Waals surface area contributed by atoms with Crippen molar-refractivity contribution in [3.63, 3.8) is 0 Å². The van der Waals surface area contributed by atoms with Gasteiger partial charge in [0, 0.05) is 50.7 Å². The van der Waals surface area contributed by atoms with E-state index in [1.54, 1.807) is 18.5 Å². The van der Waals surface area contributed by atoms with Gasteiger partial charge >= 0.3 is 11.8 Å². The molecule has 3 aliphatic heterocycles. The molecule has 0 saturated carbocycles. The number of hydrogen-bond acceptors (Lipinski definition) is 6. The summed E-state index contributed by atoms with van der Waals surface area (Å²) in [5.41, 5.74) is 3.76. The lowest BCUT2D eigenvalue weighted by Gasteiger charge is -2.35. The van der Waals surface area contributed by atoms with Crippen molar-refractivity contribution < 1.29 is 14.4 Å². The molecule has 9 heteroatoms. The van der Waals surface area contributed by atoms with Crippen LogP contribution in [0.4, 0.5) is 17.3 Å². The minimum absolute atomic E-state index is 0.168. The zero-order valence-corrected chi connectivity index (χ0v) is 18.5. The van der Waals surface area contributed by atoms with Crippen LogP contribution in [0.2, 0.25) is 0 Å². The largest absolute Gasteiger partial charge is 0.348 e. The smallest absolute Gasteiger partial charge is 0.313 e. The van der Waals surface area contributed by atoms with Crippen molar-refractivity contribution in [2.24, 2.45) is 5.92 Å². The van der Waals surface area contributed by atoms with Gasteiger partial charge in [0.1, 0.15) is 0 Å². The number of carbonyl (C=O) groups is 3. The second-order valence-corrected chi connectivity index (χ2v) is 8.94. The van der Waals surface area contributed by atoms with Crippen molar-refractivity contribution in [2.45, 2.75) is 38.5 Å². The van der Waals surface area contributed by atoms with Gasteiger partial charge in [-0.15, -0.1) is 0 Å². The first-order valence-corrected chi connectivity index (χ1v) is 11.7. The fraction of sp³-hybridized carbons (Fsp3) is 0.458. The molecule has 0 bridgehead atoms. The van der Waals surface area contributed by atoms with Crippen LogP contribution in [0.5, 0.6) is 0 Å². The Morgan fingerprint density at radius 1 is 0.970 bits per heavy atom. The van der Waals surface area contributed by atoms with Gasteiger partial charge in [0.25, 0.3) is 0 Å². The molecule has 3 aliphatic rings. The molecule has 4 heterocycles. The molecule has 1 aromatic heterocycles. The Balaban J connectivity index is 1.14. The molecule has 1 aromatic carbocycles. The Morgan fingerprint density at radius 2 is 1.70 bits per heavy atom. The second-order valence-electron chi connectivity index (χ2n) is 8.94. The van der Waals surface area contributed by atoms with Crippen LogP contribution in [-0.4, -0.2) is 53.9 Å². The van der Waals surface area contributed by atoms with Gasteiger partial charge < -0.3 is 20.4 Å². The number of nitrogens with one attached hydrogen (secondary N) is 2. The maximum atomic E-state index is 12.5. The van der Waals surface area contributed by atoms with E-state index >= 15 is 0 Å². The summed E-state index contributed by atoms with van der Waals surface area (Å²) in [7, 11) is 0. The molecule has 2 N–H and O–H groups in total. The molecular weight excluding hydrogens is 420 g/mol. The lowest BCUT2D eigenvalue weighted by atomic mass is 9.91. The van der Waals surface area contributed by atoms with E-state index in [2.05, 4.69) is 25.5 Å². The first-order valence-electron chi connectivity index (χ1n) is 11.7. The predicted molar refractivity (Wildman–Crippen MR) is 124 cm³/mol. The summed E-state index contributed by atoms with van der Waals surface area (Å²) in [6, 6.07) is 5.60. The van der Waals surface area contributed by atoms with Crippen LogP contribution in [-0.2, 0) is 27.2 Å². The van der Waals surface area contributed by atoms with Crippen LogP contribution in [0, 0.1) is 5.92 Å². The molecule has 1 fully saturated rings. The fourth-order valence-electron chi connectivity index (χ4n) is 5.02. The third-order valence-corrected chi connectivity index (χ3v) is 6.74. The van der Waals surface area contributed by atoms with Crippen LogP contribution in [0.25, 0.3) is 0 Å². The number of rotatable bonds is 4. The maximum absolute atomic E-state index is 12.5. The third-order valence-electron chi connectivity index (χ3n) is 6.74. The van der Waals surface area contributed by atoms with E-state index in [4.69, 9.17) is 0 Å². The standard InChI is InChI=1S/C24H28N6O3/c31-20-5-4-18-14-19(13-17-3-1-10-30(20)21(17)18)28-23(33)22(32)27-15-16-6-11-29(12-7-16)24-25-8-2-9-26-24/h2,8-9,13-14,16H,1,3-7,10-12,15H2,(H,27,32)(H,28,33). The number of aromatic nitrogens is 2. The first-order chi connectivity index (χ1) is 16.1. The van der Waals surface area contributed by atoms with Crippen LogP contribution in [0.1, 0.15) is 36.8 Å². The molecule has 9 nitrogen and oxygen atoms in total. The zero-order valence-electron chi connectivity index (χ0n) is 18.5. The number of carbonyl (C=O) groups excluding carboxylic acids is 3. The highest BCUT2D eigenvalue weighted by Crippen LogP contribution is 2.37. The van der Waals surface area contributed by atoms with E-state index in [1.807, 2.05) is 17.0 Å². The normalized spacial score (nSPS) is 18.0. The Kier molecular flexibility index (Phi) is 5.93.